The fraction of sp³-hybridized carbons (Fsp3) is 0.455. The van der Waals surface area contributed by atoms with E-state index in [-0.39, 0.29) is 0 Å². The van der Waals surface area contributed by atoms with Gasteiger partial charge >= 0.3 is 0 Å². The summed E-state index contributed by atoms with van der Waals surface area (Å²) in [6.45, 7) is 9.51. The molecule has 2 aromatic heterocycles. The SMILES string of the molecule is Cc1cccc(CN2CCN(c3nc(C)nc4sc5c(c34)CCC5)CC2)c1. The molecule has 3 heterocycles. The van der Waals surface area contributed by atoms with E-state index < -0.39 is 0 Å². The van der Waals surface area contributed by atoms with E-state index in [2.05, 4.69) is 41.0 Å². The molecule has 0 spiro atoms. The van der Waals surface area contributed by atoms with E-state index in [1.807, 2.05) is 18.3 Å². The molecule has 1 aliphatic heterocycles. The summed E-state index contributed by atoms with van der Waals surface area (Å²) in [7, 11) is 0. The van der Waals surface area contributed by atoms with Crippen LogP contribution in [0.1, 0.15) is 33.8 Å². The first kappa shape index (κ1) is 17.1. The highest BCUT2D eigenvalue weighted by Gasteiger charge is 2.26. The molecule has 5 heteroatoms. The third-order valence-corrected chi connectivity index (χ3v) is 7.00. The molecule has 140 valence electrons. The molecule has 1 fully saturated rings. The highest BCUT2D eigenvalue weighted by Crippen LogP contribution is 2.40. The number of benzene rings is 1. The zero-order chi connectivity index (χ0) is 18.4. The van der Waals surface area contributed by atoms with Gasteiger partial charge in [-0.15, -0.1) is 11.3 Å². The lowest BCUT2D eigenvalue weighted by molar-refractivity contribution is 0.249. The predicted octanol–water partition coefficient (Wildman–Crippen LogP) is 4.12. The summed E-state index contributed by atoms with van der Waals surface area (Å²) in [5, 5.41) is 1.35. The topological polar surface area (TPSA) is 32.3 Å². The standard InChI is InChI=1S/C22H26N4S/c1-15-5-3-6-17(13-15)14-25-9-11-26(12-10-25)21-20-18-7-4-8-19(18)27-22(20)24-16(2)23-21/h3,5-6,13H,4,7-12,14H2,1-2H3. The van der Waals surface area contributed by atoms with Crippen molar-refractivity contribution in [3.05, 3.63) is 51.7 Å². The molecule has 0 saturated carbocycles. The lowest BCUT2D eigenvalue weighted by atomic mass is 10.1. The van der Waals surface area contributed by atoms with E-state index in [4.69, 9.17) is 9.97 Å². The van der Waals surface area contributed by atoms with E-state index in [1.165, 1.54) is 52.0 Å². The van der Waals surface area contributed by atoms with Gasteiger partial charge in [-0.3, -0.25) is 4.90 Å². The van der Waals surface area contributed by atoms with Gasteiger partial charge in [0.25, 0.3) is 0 Å². The number of hydrogen-bond donors (Lipinski definition) is 0. The van der Waals surface area contributed by atoms with Crippen LogP contribution < -0.4 is 4.90 Å². The Morgan fingerprint density at radius 3 is 2.70 bits per heavy atom. The highest BCUT2D eigenvalue weighted by molar-refractivity contribution is 7.19. The molecule has 1 saturated heterocycles. The Hall–Kier alpha value is -1.98. The molecule has 5 rings (SSSR count). The van der Waals surface area contributed by atoms with Gasteiger partial charge in [0.2, 0.25) is 0 Å². The van der Waals surface area contributed by atoms with Crippen molar-refractivity contribution in [2.45, 2.75) is 39.7 Å². The number of fused-ring (bicyclic) bond motifs is 3. The third-order valence-electron chi connectivity index (χ3n) is 5.82. The van der Waals surface area contributed by atoms with Crippen LogP contribution in [0.15, 0.2) is 24.3 Å². The number of hydrogen-bond acceptors (Lipinski definition) is 5. The fourth-order valence-electron chi connectivity index (χ4n) is 4.50. The minimum Gasteiger partial charge on any atom is -0.353 e. The van der Waals surface area contributed by atoms with Gasteiger partial charge < -0.3 is 4.90 Å². The maximum absolute atomic E-state index is 4.90. The van der Waals surface area contributed by atoms with Crippen LogP contribution in [0, 0.1) is 13.8 Å². The van der Waals surface area contributed by atoms with E-state index in [1.54, 1.807) is 4.88 Å². The lowest BCUT2D eigenvalue weighted by Gasteiger charge is -2.36. The van der Waals surface area contributed by atoms with Crippen molar-refractivity contribution in [1.82, 2.24) is 14.9 Å². The summed E-state index contributed by atoms with van der Waals surface area (Å²) in [6.07, 6.45) is 3.70. The molecule has 0 unspecified atom stereocenters. The van der Waals surface area contributed by atoms with Gasteiger partial charge in [0.1, 0.15) is 16.5 Å². The van der Waals surface area contributed by atoms with Gasteiger partial charge in [0.15, 0.2) is 0 Å². The van der Waals surface area contributed by atoms with E-state index in [9.17, 15) is 0 Å². The Morgan fingerprint density at radius 1 is 1.04 bits per heavy atom. The second kappa shape index (κ2) is 6.88. The molecule has 3 aromatic rings. The zero-order valence-corrected chi connectivity index (χ0v) is 17.0. The van der Waals surface area contributed by atoms with Crippen LogP contribution in [0.5, 0.6) is 0 Å². The van der Waals surface area contributed by atoms with Crippen molar-refractivity contribution >= 4 is 27.4 Å². The number of rotatable bonds is 3. The second-order valence-corrected chi connectivity index (χ2v) is 8.97. The number of aromatic nitrogens is 2. The largest absolute Gasteiger partial charge is 0.353 e. The van der Waals surface area contributed by atoms with Crippen molar-refractivity contribution in [3.63, 3.8) is 0 Å². The van der Waals surface area contributed by atoms with Crippen LogP contribution >= 0.6 is 11.3 Å². The molecular formula is C22H26N4S. The van der Waals surface area contributed by atoms with Crippen LogP contribution in [-0.4, -0.2) is 41.0 Å². The summed E-state index contributed by atoms with van der Waals surface area (Å²) < 4.78 is 0. The number of anilines is 1. The average Bonchev–Trinajstić information content (AvgIpc) is 3.22. The molecule has 0 amide bonds. The Morgan fingerprint density at radius 2 is 1.89 bits per heavy atom. The molecule has 0 atom stereocenters. The Labute approximate surface area is 164 Å². The van der Waals surface area contributed by atoms with Crippen molar-refractivity contribution in [1.29, 1.82) is 0 Å². The van der Waals surface area contributed by atoms with E-state index in [0.29, 0.717) is 0 Å². The van der Waals surface area contributed by atoms with Crippen molar-refractivity contribution in [2.24, 2.45) is 0 Å². The van der Waals surface area contributed by atoms with Gasteiger partial charge in [-0.2, -0.15) is 0 Å². The van der Waals surface area contributed by atoms with Gasteiger partial charge in [0.05, 0.1) is 5.39 Å². The maximum atomic E-state index is 4.90. The quantitative estimate of drug-likeness (QED) is 0.686. The second-order valence-electron chi connectivity index (χ2n) is 7.88. The fourth-order valence-corrected chi connectivity index (χ4v) is 5.80. The monoisotopic (exact) mass is 378 g/mol. The Balaban J connectivity index is 1.36. The van der Waals surface area contributed by atoms with Crippen molar-refractivity contribution < 1.29 is 0 Å². The van der Waals surface area contributed by atoms with Crippen LogP contribution in [0.3, 0.4) is 0 Å². The van der Waals surface area contributed by atoms with Crippen LogP contribution in [0.25, 0.3) is 10.2 Å². The molecule has 4 nitrogen and oxygen atoms in total. The minimum atomic E-state index is 0.902. The van der Waals surface area contributed by atoms with Crippen molar-refractivity contribution in [2.75, 3.05) is 31.1 Å². The minimum absolute atomic E-state index is 0.902. The van der Waals surface area contributed by atoms with Crippen LogP contribution in [0.4, 0.5) is 5.82 Å². The van der Waals surface area contributed by atoms with Gasteiger partial charge in [-0.25, -0.2) is 9.97 Å². The van der Waals surface area contributed by atoms with Crippen molar-refractivity contribution in [3.8, 4) is 0 Å². The summed E-state index contributed by atoms with van der Waals surface area (Å²) >= 11 is 1.89. The molecule has 0 N–H and O–H groups in total. The first-order valence-corrected chi connectivity index (χ1v) is 10.8. The Bertz CT molecular complexity index is 985. The summed E-state index contributed by atoms with van der Waals surface area (Å²) in [4.78, 5) is 17.4. The average molecular weight is 379 g/mol. The lowest BCUT2D eigenvalue weighted by Crippen LogP contribution is -2.46. The van der Waals surface area contributed by atoms with Gasteiger partial charge in [-0.1, -0.05) is 29.8 Å². The van der Waals surface area contributed by atoms with E-state index in [0.717, 1.165) is 38.5 Å². The van der Waals surface area contributed by atoms with Gasteiger partial charge in [-0.05, 0) is 44.2 Å². The Kier molecular flexibility index (Phi) is 4.37. The first-order chi connectivity index (χ1) is 13.2. The predicted molar refractivity (Wildman–Crippen MR) is 113 cm³/mol. The highest BCUT2D eigenvalue weighted by atomic mass is 32.1. The number of thiophene rings is 1. The summed E-state index contributed by atoms with van der Waals surface area (Å²) in [6, 6.07) is 8.88. The smallest absolute Gasteiger partial charge is 0.141 e. The summed E-state index contributed by atoms with van der Waals surface area (Å²) in [5.41, 5.74) is 4.29. The molecule has 0 radical (unpaired) electrons. The van der Waals surface area contributed by atoms with E-state index >= 15 is 0 Å². The third kappa shape index (κ3) is 3.23. The molecule has 2 aliphatic rings. The number of aryl methyl sites for hydroxylation is 4. The van der Waals surface area contributed by atoms with Crippen LogP contribution in [0.2, 0.25) is 0 Å². The maximum Gasteiger partial charge on any atom is 0.141 e. The number of nitrogens with zero attached hydrogens (tertiary/aromatic N) is 4. The first-order valence-electron chi connectivity index (χ1n) is 9.99. The normalized spacial score (nSPS) is 17.6. The number of piperazine rings is 1. The molecular weight excluding hydrogens is 352 g/mol. The van der Waals surface area contributed by atoms with Gasteiger partial charge in [0, 0.05) is 37.6 Å². The molecule has 27 heavy (non-hydrogen) atoms. The molecule has 1 aliphatic carbocycles. The molecule has 0 bridgehead atoms. The zero-order valence-electron chi connectivity index (χ0n) is 16.2. The summed E-state index contributed by atoms with van der Waals surface area (Å²) in [5.74, 6) is 2.09. The molecule has 1 aromatic carbocycles. The van der Waals surface area contributed by atoms with Crippen LogP contribution in [-0.2, 0) is 19.4 Å².